The number of hydrogen-bond donors (Lipinski definition) is 0. The summed E-state index contributed by atoms with van der Waals surface area (Å²) in [6.45, 7) is 7.38. The van der Waals surface area contributed by atoms with Crippen molar-refractivity contribution in [3.63, 3.8) is 0 Å². The molecule has 0 atom stereocenters. The smallest absolute Gasteiger partial charge is 0.261 e. The molecule has 1 aliphatic carbocycles. The molecule has 0 unspecified atom stereocenters. The van der Waals surface area contributed by atoms with Crippen LogP contribution in [0.15, 0.2) is 103 Å². The Hall–Kier alpha value is -3.74. The fraction of sp³-hybridized carbons (Fsp3) is 0.294. The van der Waals surface area contributed by atoms with E-state index in [1.807, 2.05) is 41.3 Å². The monoisotopic (exact) mass is 548 g/mol. The van der Waals surface area contributed by atoms with Crippen molar-refractivity contribution in [2.45, 2.75) is 56.7 Å². The topological polar surface area (TPSA) is 51.7 Å². The molecule has 1 fully saturated rings. The van der Waals surface area contributed by atoms with Crippen LogP contribution >= 0.6 is 0 Å². The molecule has 1 saturated carbocycles. The van der Waals surface area contributed by atoms with Gasteiger partial charge in [0, 0.05) is 12.3 Å². The number of fused-ring (bicyclic) bond motifs is 2. The van der Waals surface area contributed by atoms with Crippen LogP contribution < -0.4 is 20.0 Å². The van der Waals surface area contributed by atoms with Gasteiger partial charge in [-0.15, -0.1) is 0 Å². The molecule has 0 bridgehead atoms. The summed E-state index contributed by atoms with van der Waals surface area (Å²) in [5.74, 6) is 0.927. The number of methoxy groups -OCH3 is 1. The molecule has 6 heteroatoms. The number of benzene rings is 3. The van der Waals surface area contributed by atoms with Gasteiger partial charge in [0.2, 0.25) is 5.91 Å². The molecule has 4 aromatic rings. The molecule has 6 rings (SSSR count). The summed E-state index contributed by atoms with van der Waals surface area (Å²) in [5, 5.41) is 2.40. The van der Waals surface area contributed by atoms with Crippen LogP contribution in [0.2, 0.25) is 5.04 Å². The van der Waals surface area contributed by atoms with Crippen molar-refractivity contribution >= 4 is 30.3 Å². The van der Waals surface area contributed by atoms with E-state index >= 15 is 0 Å². The maximum Gasteiger partial charge on any atom is 0.261 e. The lowest BCUT2D eigenvalue weighted by Crippen LogP contribution is -2.69. The summed E-state index contributed by atoms with van der Waals surface area (Å²) in [4.78, 5) is 20.8. The minimum atomic E-state index is -2.71. The predicted octanol–water partition coefficient (Wildman–Crippen LogP) is 5.61. The van der Waals surface area contributed by atoms with Crippen molar-refractivity contribution in [1.29, 1.82) is 0 Å². The Kier molecular flexibility index (Phi) is 6.63. The molecule has 2 heterocycles. The van der Waals surface area contributed by atoms with E-state index in [2.05, 4.69) is 81.4 Å². The van der Waals surface area contributed by atoms with E-state index in [1.54, 1.807) is 13.3 Å². The molecule has 40 heavy (non-hydrogen) atoms. The zero-order valence-electron chi connectivity index (χ0n) is 23.6. The largest absolute Gasteiger partial charge is 0.497 e. The van der Waals surface area contributed by atoms with Crippen LogP contribution in [0.4, 0.5) is 5.69 Å². The SMILES string of the molecule is COc1ccc(CN2C(=O)C3(CC(O[Si](c4ccccc4)(c4ccccc4)C(C)(C)C)C3)c3ncccc32)cc1. The summed E-state index contributed by atoms with van der Waals surface area (Å²) in [5.41, 5.74) is 2.21. The Morgan fingerprint density at radius 3 is 2.02 bits per heavy atom. The minimum absolute atomic E-state index is 0.0361. The standard InChI is InChI=1S/C34H36N2O3Si/c1-33(2,3)40(28-12-7-5-8-13-28,29-14-9-6-10-15-29)39-27-22-34(23-27)31-30(16-11-21-35-31)36(32(34)37)24-25-17-19-26(38-4)20-18-25/h5-21,27H,22-24H2,1-4H3. The molecule has 0 radical (unpaired) electrons. The van der Waals surface area contributed by atoms with Gasteiger partial charge in [-0.1, -0.05) is 93.6 Å². The number of amides is 1. The second-order valence-electron chi connectivity index (χ2n) is 12.0. The highest BCUT2D eigenvalue weighted by Crippen LogP contribution is 2.55. The summed E-state index contributed by atoms with van der Waals surface area (Å²) in [6, 6.07) is 33.3. The van der Waals surface area contributed by atoms with Crippen molar-refractivity contribution in [1.82, 2.24) is 4.98 Å². The molecule has 204 valence electrons. The first-order valence-electron chi connectivity index (χ1n) is 14.0. The van der Waals surface area contributed by atoms with Crippen molar-refractivity contribution in [2.75, 3.05) is 12.0 Å². The summed E-state index contributed by atoms with van der Waals surface area (Å²) >= 11 is 0. The van der Waals surface area contributed by atoms with Crippen molar-refractivity contribution in [3.05, 3.63) is 115 Å². The normalized spacial score (nSPS) is 20.4. The third-order valence-corrected chi connectivity index (χ3v) is 13.7. The molecule has 3 aromatic carbocycles. The third-order valence-electron chi connectivity index (χ3n) is 8.60. The van der Waals surface area contributed by atoms with Crippen molar-refractivity contribution in [3.8, 4) is 5.75 Å². The average Bonchev–Trinajstić information content (AvgIpc) is 3.19. The number of ether oxygens (including phenoxy) is 1. The number of aromatic nitrogens is 1. The van der Waals surface area contributed by atoms with Crippen molar-refractivity contribution < 1.29 is 14.0 Å². The average molecular weight is 549 g/mol. The lowest BCUT2D eigenvalue weighted by Gasteiger charge is -2.51. The van der Waals surface area contributed by atoms with E-state index in [1.165, 1.54) is 10.4 Å². The van der Waals surface area contributed by atoms with Crippen LogP contribution in [0.25, 0.3) is 0 Å². The maximum absolute atomic E-state index is 14.2. The van der Waals surface area contributed by atoms with Crippen LogP contribution in [-0.2, 0) is 21.2 Å². The van der Waals surface area contributed by atoms with E-state index in [9.17, 15) is 4.79 Å². The number of pyridine rings is 1. The first kappa shape index (κ1) is 26.5. The molecule has 1 aliphatic heterocycles. The lowest BCUT2D eigenvalue weighted by atomic mass is 9.65. The fourth-order valence-electron chi connectivity index (χ4n) is 6.63. The number of anilines is 1. The molecular weight excluding hydrogens is 512 g/mol. The van der Waals surface area contributed by atoms with Crippen molar-refractivity contribution in [2.24, 2.45) is 0 Å². The van der Waals surface area contributed by atoms with Gasteiger partial charge in [0.05, 0.1) is 30.5 Å². The van der Waals surface area contributed by atoms with E-state index in [0.29, 0.717) is 19.4 Å². The highest BCUT2D eigenvalue weighted by Gasteiger charge is 2.62. The van der Waals surface area contributed by atoms with Gasteiger partial charge >= 0.3 is 0 Å². The number of carbonyl (C=O) groups is 1. The Morgan fingerprint density at radius 2 is 1.48 bits per heavy atom. The van der Waals surface area contributed by atoms with Gasteiger partial charge in [0.25, 0.3) is 8.32 Å². The first-order valence-corrected chi connectivity index (χ1v) is 15.9. The minimum Gasteiger partial charge on any atom is -0.497 e. The van der Waals surface area contributed by atoms with E-state index in [-0.39, 0.29) is 17.0 Å². The molecule has 1 amide bonds. The number of hydrogen-bond acceptors (Lipinski definition) is 4. The summed E-state index contributed by atoms with van der Waals surface area (Å²) in [6.07, 6.45) is 3.05. The maximum atomic E-state index is 14.2. The Labute approximate surface area is 237 Å². The van der Waals surface area contributed by atoms with Gasteiger partial charge in [0.15, 0.2) is 0 Å². The van der Waals surface area contributed by atoms with Gasteiger partial charge in [0.1, 0.15) is 5.75 Å². The van der Waals surface area contributed by atoms with E-state index < -0.39 is 13.7 Å². The molecular formula is C34H36N2O3Si. The fourth-order valence-corrected chi connectivity index (χ4v) is 11.3. The number of carbonyl (C=O) groups excluding carboxylic acids is 1. The van der Waals surface area contributed by atoms with Gasteiger partial charge in [-0.25, -0.2) is 0 Å². The zero-order chi connectivity index (χ0) is 28.0. The number of nitrogens with zero attached hydrogens (tertiary/aromatic N) is 2. The lowest BCUT2D eigenvalue weighted by molar-refractivity contribution is -0.130. The molecule has 0 saturated heterocycles. The van der Waals surface area contributed by atoms with Gasteiger partial charge < -0.3 is 14.1 Å². The Balaban J connectivity index is 1.32. The third kappa shape index (κ3) is 4.18. The quantitative estimate of drug-likeness (QED) is 0.282. The molecule has 1 spiro atoms. The van der Waals surface area contributed by atoms with Gasteiger partial charge in [-0.2, -0.15) is 0 Å². The molecule has 0 N–H and O–H groups in total. The van der Waals surface area contributed by atoms with Gasteiger partial charge in [-0.3, -0.25) is 9.78 Å². The van der Waals surface area contributed by atoms with Crippen LogP contribution in [0, 0.1) is 0 Å². The zero-order valence-corrected chi connectivity index (χ0v) is 24.6. The van der Waals surface area contributed by atoms with Gasteiger partial charge in [-0.05, 0) is 58.1 Å². The second-order valence-corrected chi connectivity index (χ2v) is 16.3. The summed E-state index contributed by atoms with van der Waals surface area (Å²) < 4.78 is 12.7. The molecule has 2 aliphatic rings. The molecule has 1 aromatic heterocycles. The van der Waals surface area contributed by atoms with E-state index in [0.717, 1.165) is 22.7 Å². The highest BCUT2D eigenvalue weighted by atomic mass is 28.4. The highest BCUT2D eigenvalue weighted by molar-refractivity contribution is 6.99. The summed E-state index contributed by atoms with van der Waals surface area (Å²) in [7, 11) is -1.05. The van der Waals surface area contributed by atoms with Crippen LogP contribution in [0.3, 0.4) is 0 Å². The van der Waals surface area contributed by atoms with Crippen LogP contribution in [-0.4, -0.2) is 32.4 Å². The number of rotatable bonds is 7. The Morgan fingerprint density at radius 1 is 0.875 bits per heavy atom. The first-order chi connectivity index (χ1) is 19.3. The Bertz CT molecular complexity index is 1450. The second kappa shape index (κ2) is 10.0. The molecule has 5 nitrogen and oxygen atoms in total. The van der Waals surface area contributed by atoms with E-state index in [4.69, 9.17) is 14.1 Å². The predicted molar refractivity (Wildman–Crippen MR) is 162 cm³/mol. The van der Waals surface area contributed by atoms with Crippen LogP contribution in [0.5, 0.6) is 5.75 Å². The van der Waals surface area contributed by atoms with Crippen LogP contribution in [0.1, 0.15) is 44.9 Å².